The minimum atomic E-state index is -0.430. The summed E-state index contributed by atoms with van der Waals surface area (Å²) in [5, 5.41) is 2.98. The summed E-state index contributed by atoms with van der Waals surface area (Å²) in [7, 11) is 0. The Morgan fingerprint density at radius 2 is 1.88 bits per heavy atom. The highest BCUT2D eigenvalue weighted by Crippen LogP contribution is 2.17. The van der Waals surface area contributed by atoms with Crippen molar-refractivity contribution < 1.29 is 4.79 Å². The van der Waals surface area contributed by atoms with E-state index in [9.17, 15) is 4.79 Å². The van der Waals surface area contributed by atoms with Crippen molar-refractivity contribution >= 4 is 5.91 Å². The second-order valence-electron chi connectivity index (χ2n) is 5.75. The molecule has 0 fully saturated rings. The molecule has 3 N–H and O–H groups in total. The van der Waals surface area contributed by atoms with Crippen molar-refractivity contribution in [3.05, 3.63) is 0 Å². The second-order valence-corrected chi connectivity index (χ2v) is 5.75. The molecule has 0 heterocycles. The Hall–Kier alpha value is -0.570. The fourth-order valence-corrected chi connectivity index (χ4v) is 1.50. The molecule has 0 saturated carbocycles. The molecule has 3 heteroatoms. The summed E-state index contributed by atoms with van der Waals surface area (Å²) < 4.78 is 0. The minimum Gasteiger partial charge on any atom is -0.352 e. The molecular formula is C13H28N2O. The molecule has 1 amide bonds. The Balaban J connectivity index is 3.95. The van der Waals surface area contributed by atoms with E-state index in [2.05, 4.69) is 12.2 Å². The molecule has 96 valence electrons. The van der Waals surface area contributed by atoms with Crippen LogP contribution in [0.4, 0.5) is 0 Å². The smallest absolute Gasteiger partial charge is 0.237 e. The Morgan fingerprint density at radius 3 is 2.31 bits per heavy atom. The van der Waals surface area contributed by atoms with E-state index in [0.717, 1.165) is 6.42 Å². The third kappa shape index (κ3) is 6.11. The fraction of sp³-hybridized carbons (Fsp3) is 0.923. The van der Waals surface area contributed by atoms with Gasteiger partial charge in [0.2, 0.25) is 5.91 Å². The zero-order valence-corrected chi connectivity index (χ0v) is 11.5. The van der Waals surface area contributed by atoms with Crippen molar-refractivity contribution in [1.29, 1.82) is 0 Å². The van der Waals surface area contributed by atoms with Gasteiger partial charge in [-0.2, -0.15) is 0 Å². The van der Waals surface area contributed by atoms with Crippen molar-refractivity contribution in [2.75, 3.05) is 0 Å². The quantitative estimate of drug-likeness (QED) is 0.686. The lowest BCUT2D eigenvalue weighted by molar-refractivity contribution is -0.125. The highest BCUT2D eigenvalue weighted by Gasteiger charge is 2.27. The molecule has 0 saturated heterocycles. The van der Waals surface area contributed by atoms with Crippen LogP contribution in [0.5, 0.6) is 0 Å². The number of hydrogen-bond donors (Lipinski definition) is 2. The van der Waals surface area contributed by atoms with Crippen LogP contribution >= 0.6 is 0 Å². The van der Waals surface area contributed by atoms with Crippen LogP contribution in [0.3, 0.4) is 0 Å². The van der Waals surface area contributed by atoms with E-state index in [-0.39, 0.29) is 17.4 Å². The summed E-state index contributed by atoms with van der Waals surface area (Å²) in [5.74, 6) is -0.0310. The van der Waals surface area contributed by atoms with Gasteiger partial charge >= 0.3 is 0 Å². The molecule has 0 radical (unpaired) electrons. The second kappa shape index (κ2) is 6.89. The lowest BCUT2D eigenvalue weighted by Crippen LogP contribution is -2.50. The largest absolute Gasteiger partial charge is 0.352 e. The SMILES string of the molecule is CCCCCC(C)NC(=O)[C@@H](N)C(C)(C)C. The minimum absolute atomic E-state index is 0.0310. The van der Waals surface area contributed by atoms with Crippen molar-refractivity contribution in [3.8, 4) is 0 Å². The maximum absolute atomic E-state index is 11.8. The first-order valence-corrected chi connectivity index (χ1v) is 6.35. The summed E-state index contributed by atoms with van der Waals surface area (Å²) in [6, 6.07) is -0.200. The van der Waals surface area contributed by atoms with Gasteiger partial charge < -0.3 is 11.1 Å². The maximum atomic E-state index is 11.8. The third-order valence-corrected chi connectivity index (χ3v) is 2.84. The average molecular weight is 228 g/mol. The maximum Gasteiger partial charge on any atom is 0.237 e. The average Bonchev–Trinajstić information content (AvgIpc) is 2.15. The van der Waals surface area contributed by atoms with Crippen molar-refractivity contribution in [2.24, 2.45) is 11.1 Å². The van der Waals surface area contributed by atoms with Crippen LogP contribution in [0, 0.1) is 5.41 Å². The van der Waals surface area contributed by atoms with E-state index in [4.69, 9.17) is 5.73 Å². The molecule has 0 aromatic rings. The molecule has 16 heavy (non-hydrogen) atoms. The highest BCUT2D eigenvalue weighted by molar-refractivity contribution is 5.82. The van der Waals surface area contributed by atoms with Crippen LogP contribution < -0.4 is 11.1 Å². The van der Waals surface area contributed by atoms with Crippen LogP contribution in [0.2, 0.25) is 0 Å². The number of nitrogens with one attached hydrogen (secondary N) is 1. The Kier molecular flexibility index (Phi) is 6.65. The number of unbranched alkanes of at least 4 members (excludes halogenated alkanes) is 2. The molecule has 0 aromatic carbocycles. The van der Waals surface area contributed by atoms with Gasteiger partial charge in [-0.25, -0.2) is 0 Å². The van der Waals surface area contributed by atoms with Crippen molar-refractivity contribution in [1.82, 2.24) is 5.32 Å². The van der Waals surface area contributed by atoms with Gasteiger partial charge in [0, 0.05) is 6.04 Å². The highest BCUT2D eigenvalue weighted by atomic mass is 16.2. The Morgan fingerprint density at radius 1 is 1.31 bits per heavy atom. The normalized spacial score (nSPS) is 15.6. The van der Waals surface area contributed by atoms with Gasteiger partial charge in [0.05, 0.1) is 6.04 Å². The number of rotatable bonds is 6. The van der Waals surface area contributed by atoms with Gasteiger partial charge in [-0.3, -0.25) is 4.79 Å². The van der Waals surface area contributed by atoms with E-state index in [1.54, 1.807) is 0 Å². The molecule has 0 rings (SSSR count). The first-order valence-electron chi connectivity index (χ1n) is 6.35. The topological polar surface area (TPSA) is 55.1 Å². The van der Waals surface area contributed by atoms with Gasteiger partial charge in [-0.05, 0) is 18.8 Å². The van der Waals surface area contributed by atoms with Crippen LogP contribution in [0.15, 0.2) is 0 Å². The molecule has 0 aliphatic carbocycles. The number of carbonyl (C=O) groups excluding carboxylic acids is 1. The first kappa shape index (κ1) is 15.4. The molecule has 0 aliphatic heterocycles. The van der Waals surface area contributed by atoms with Gasteiger partial charge in [0.1, 0.15) is 0 Å². The predicted octanol–water partition coefficient (Wildman–Crippen LogP) is 2.44. The number of hydrogen-bond acceptors (Lipinski definition) is 2. The molecule has 0 bridgehead atoms. The predicted molar refractivity (Wildman–Crippen MR) is 69.2 cm³/mol. The molecular weight excluding hydrogens is 200 g/mol. The molecule has 0 spiro atoms. The lowest BCUT2D eigenvalue weighted by atomic mass is 9.87. The van der Waals surface area contributed by atoms with Gasteiger partial charge in [-0.15, -0.1) is 0 Å². The van der Waals surface area contributed by atoms with Crippen LogP contribution in [0.1, 0.15) is 60.3 Å². The number of carbonyl (C=O) groups is 1. The summed E-state index contributed by atoms with van der Waals surface area (Å²) in [6.45, 7) is 10.2. The standard InChI is InChI=1S/C13H28N2O/c1-6-7-8-9-10(2)15-12(16)11(14)13(3,4)5/h10-11H,6-9,14H2,1-5H3,(H,15,16)/t10?,11-/m1/s1. The Labute approximate surface area is 100 Å². The molecule has 1 unspecified atom stereocenters. The molecule has 3 nitrogen and oxygen atoms in total. The fourth-order valence-electron chi connectivity index (χ4n) is 1.50. The van der Waals surface area contributed by atoms with E-state index in [0.29, 0.717) is 0 Å². The number of amides is 1. The van der Waals surface area contributed by atoms with Crippen molar-refractivity contribution in [3.63, 3.8) is 0 Å². The van der Waals surface area contributed by atoms with E-state index in [1.807, 2.05) is 27.7 Å². The summed E-state index contributed by atoms with van der Waals surface area (Å²) in [5.41, 5.74) is 5.71. The summed E-state index contributed by atoms with van der Waals surface area (Å²) >= 11 is 0. The van der Waals surface area contributed by atoms with Crippen LogP contribution in [-0.2, 0) is 4.79 Å². The van der Waals surface area contributed by atoms with Crippen LogP contribution in [0.25, 0.3) is 0 Å². The molecule has 0 aromatic heterocycles. The zero-order valence-electron chi connectivity index (χ0n) is 11.5. The summed E-state index contributed by atoms with van der Waals surface area (Å²) in [4.78, 5) is 11.8. The lowest BCUT2D eigenvalue weighted by Gasteiger charge is -2.27. The monoisotopic (exact) mass is 228 g/mol. The summed E-state index contributed by atoms with van der Waals surface area (Å²) in [6.07, 6.45) is 4.65. The van der Waals surface area contributed by atoms with Gasteiger partial charge in [0.15, 0.2) is 0 Å². The van der Waals surface area contributed by atoms with E-state index >= 15 is 0 Å². The van der Waals surface area contributed by atoms with E-state index < -0.39 is 6.04 Å². The zero-order chi connectivity index (χ0) is 12.8. The Bertz CT molecular complexity index is 208. The van der Waals surface area contributed by atoms with E-state index in [1.165, 1.54) is 19.3 Å². The van der Waals surface area contributed by atoms with Crippen molar-refractivity contribution in [2.45, 2.75) is 72.4 Å². The van der Waals surface area contributed by atoms with Crippen LogP contribution in [-0.4, -0.2) is 18.0 Å². The van der Waals surface area contributed by atoms with Gasteiger partial charge in [0.25, 0.3) is 0 Å². The van der Waals surface area contributed by atoms with Gasteiger partial charge in [-0.1, -0.05) is 47.0 Å². The first-order chi connectivity index (χ1) is 7.29. The molecule has 0 aliphatic rings. The number of nitrogens with two attached hydrogens (primary N) is 1. The molecule has 2 atom stereocenters. The third-order valence-electron chi connectivity index (χ3n) is 2.84.